The molecule has 0 N–H and O–H groups in total. The van der Waals surface area contributed by atoms with Crippen LogP contribution in [0.2, 0.25) is 0 Å². The van der Waals surface area contributed by atoms with Gasteiger partial charge in [0.1, 0.15) is 11.6 Å². The Morgan fingerprint density at radius 1 is 0.939 bits per heavy atom. The van der Waals surface area contributed by atoms with Gasteiger partial charge in [0.2, 0.25) is 5.78 Å². The van der Waals surface area contributed by atoms with Gasteiger partial charge < -0.3 is 4.74 Å². The van der Waals surface area contributed by atoms with Gasteiger partial charge in [0.25, 0.3) is 0 Å². The van der Waals surface area contributed by atoms with E-state index in [2.05, 4.69) is 4.98 Å². The molecule has 0 spiro atoms. The van der Waals surface area contributed by atoms with E-state index in [0.717, 1.165) is 22.0 Å². The van der Waals surface area contributed by atoms with Crippen molar-refractivity contribution in [2.45, 2.75) is 38.8 Å². The van der Waals surface area contributed by atoms with E-state index in [4.69, 9.17) is 4.74 Å². The monoisotopic (exact) mass is 439 g/mol. The van der Waals surface area contributed by atoms with Crippen molar-refractivity contribution in [1.82, 2.24) is 9.55 Å². The van der Waals surface area contributed by atoms with Crippen molar-refractivity contribution >= 4 is 28.3 Å². The minimum atomic E-state index is -0.728. The predicted molar refractivity (Wildman–Crippen MR) is 128 cm³/mol. The van der Waals surface area contributed by atoms with Crippen molar-refractivity contribution in [2.75, 3.05) is 4.90 Å². The van der Waals surface area contributed by atoms with Crippen LogP contribution in [0.5, 0.6) is 0 Å². The minimum Gasteiger partial charge on any atom is -0.443 e. The molecule has 0 aliphatic carbocycles. The van der Waals surface area contributed by atoms with E-state index < -0.39 is 17.7 Å². The quantitative estimate of drug-likeness (QED) is 0.391. The van der Waals surface area contributed by atoms with Gasteiger partial charge in [0.05, 0.1) is 11.4 Å². The summed E-state index contributed by atoms with van der Waals surface area (Å²) in [6.45, 7) is 5.45. The summed E-state index contributed by atoms with van der Waals surface area (Å²) in [5, 5.41) is 2.09. The first kappa shape index (κ1) is 20.9. The number of nitrogens with zero attached hydrogens (tertiary/aromatic N) is 3. The second-order valence-corrected chi connectivity index (χ2v) is 9.18. The molecule has 1 atom stereocenters. The average Bonchev–Trinajstić information content (AvgIpc) is 3.42. The molecule has 0 bridgehead atoms. The Balaban J connectivity index is 1.56. The number of amides is 1. The first-order valence-corrected chi connectivity index (χ1v) is 11.0. The van der Waals surface area contributed by atoms with Crippen LogP contribution in [0.4, 0.5) is 10.5 Å². The summed E-state index contributed by atoms with van der Waals surface area (Å²) in [5.74, 6) is 0.0627. The van der Waals surface area contributed by atoms with Crippen molar-refractivity contribution in [3.8, 4) is 5.69 Å². The first-order chi connectivity index (χ1) is 15.8. The summed E-state index contributed by atoms with van der Waals surface area (Å²) in [6.07, 6.45) is 3.29. The van der Waals surface area contributed by atoms with Crippen LogP contribution in [0, 0.1) is 0 Å². The summed E-state index contributed by atoms with van der Waals surface area (Å²) in [6, 6.07) is 20.8. The van der Waals surface area contributed by atoms with E-state index >= 15 is 0 Å². The van der Waals surface area contributed by atoms with Crippen LogP contribution in [0.3, 0.4) is 0 Å². The van der Waals surface area contributed by atoms with Crippen LogP contribution < -0.4 is 4.90 Å². The molecular formula is C27H25N3O3. The van der Waals surface area contributed by atoms with Gasteiger partial charge >= 0.3 is 6.09 Å². The Kier molecular flexibility index (Phi) is 5.01. The van der Waals surface area contributed by atoms with Crippen LogP contribution >= 0.6 is 0 Å². The third-order valence-corrected chi connectivity index (χ3v) is 5.76. The van der Waals surface area contributed by atoms with E-state index in [0.29, 0.717) is 12.1 Å². The van der Waals surface area contributed by atoms with E-state index in [1.54, 1.807) is 17.0 Å². The molecule has 1 aromatic heterocycles. The molecule has 166 valence electrons. The molecule has 5 rings (SSSR count). The van der Waals surface area contributed by atoms with Gasteiger partial charge in [-0.15, -0.1) is 0 Å². The van der Waals surface area contributed by atoms with Crippen LogP contribution in [-0.4, -0.2) is 33.1 Å². The highest BCUT2D eigenvalue weighted by Gasteiger charge is 2.42. The molecule has 0 saturated carbocycles. The highest BCUT2D eigenvalue weighted by atomic mass is 16.6. The fourth-order valence-electron chi connectivity index (χ4n) is 4.38. The predicted octanol–water partition coefficient (Wildman–Crippen LogP) is 5.57. The van der Waals surface area contributed by atoms with Crippen molar-refractivity contribution in [1.29, 1.82) is 0 Å². The fourth-order valence-corrected chi connectivity index (χ4v) is 4.38. The summed E-state index contributed by atoms with van der Waals surface area (Å²) < 4.78 is 7.46. The van der Waals surface area contributed by atoms with Gasteiger partial charge in [-0.2, -0.15) is 0 Å². The molecule has 6 heteroatoms. The highest BCUT2D eigenvalue weighted by Crippen LogP contribution is 2.35. The van der Waals surface area contributed by atoms with Gasteiger partial charge in [0.15, 0.2) is 5.82 Å². The van der Waals surface area contributed by atoms with Gasteiger partial charge in [-0.3, -0.25) is 14.3 Å². The molecule has 0 saturated heterocycles. The number of rotatable bonds is 3. The number of Topliss-reactive ketones (excluding diaryl/α,β-unsaturated/α-hetero) is 1. The highest BCUT2D eigenvalue weighted by molar-refractivity contribution is 6.07. The number of hydrogen-bond donors (Lipinski definition) is 0. The topological polar surface area (TPSA) is 64.4 Å². The zero-order valence-electron chi connectivity index (χ0n) is 18.9. The van der Waals surface area contributed by atoms with E-state index in [1.807, 2.05) is 87.5 Å². The van der Waals surface area contributed by atoms with Crippen LogP contribution in [0.15, 0.2) is 79.1 Å². The lowest BCUT2D eigenvalue weighted by molar-refractivity contribution is 0.0558. The number of carbonyl (C=O) groups excluding carboxylic acids is 2. The Bertz CT molecular complexity index is 1360. The summed E-state index contributed by atoms with van der Waals surface area (Å²) in [5.41, 5.74) is 1.83. The lowest BCUT2D eigenvalue weighted by Gasteiger charge is -2.28. The van der Waals surface area contributed by atoms with E-state index in [1.165, 1.54) is 4.90 Å². The van der Waals surface area contributed by atoms with Gasteiger partial charge in [-0.25, -0.2) is 9.78 Å². The normalized spacial score (nSPS) is 15.5. The van der Waals surface area contributed by atoms with Crippen molar-refractivity contribution in [3.05, 3.63) is 90.5 Å². The zero-order valence-corrected chi connectivity index (χ0v) is 18.9. The summed E-state index contributed by atoms with van der Waals surface area (Å²) >= 11 is 0. The number of ketones is 1. The Hall–Kier alpha value is -3.93. The number of fused-ring (bicyclic) bond motifs is 2. The third kappa shape index (κ3) is 3.78. The van der Waals surface area contributed by atoms with Gasteiger partial charge in [-0.1, -0.05) is 54.6 Å². The van der Waals surface area contributed by atoms with Gasteiger partial charge in [0, 0.05) is 24.2 Å². The Morgan fingerprint density at radius 3 is 2.45 bits per heavy atom. The largest absolute Gasteiger partial charge is 0.443 e. The van der Waals surface area contributed by atoms with E-state index in [9.17, 15) is 9.59 Å². The molecule has 1 unspecified atom stereocenters. The molecule has 3 aromatic carbocycles. The molecule has 1 amide bonds. The Morgan fingerprint density at radius 2 is 1.64 bits per heavy atom. The standard InChI is InChI=1S/C27H25N3O3/c1-27(2,3)33-26(32)30-21-13-7-5-10-19(21)17-23(30)24(31)25-28-15-16-29(25)22-14-8-11-18-9-4-6-12-20(18)22/h4-16,23H,17H2,1-3H3. The number of anilines is 1. The van der Waals surface area contributed by atoms with Crippen LogP contribution in [0.25, 0.3) is 16.5 Å². The lowest BCUT2D eigenvalue weighted by Crippen LogP contribution is -2.46. The molecular weight excluding hydrogens is 414 g/mol. The maximum atomic E-state index is 13.9. The zero-order chi connectivity index (χ0) is 23.2. The number of imidazole rings is 1. The number of hydrogen-bond acceptors (Lipinski definition) is 4. The van der Waals surface area contributed by atoms with Gasteiger partial charge in [-0.05, 0) is 43.9 Å². The molecule has 2 heterocycles. The Labute approximate surface area is 192 Å². The number of benzene rings is 3. The first-order valence-electron chi connectivity index (χ1n) is 11.0. The maximum absolute atomic E-state index is 13.9. The molecule has 4 aromatic rings. The smallest absolute Gasteiger partial charge is 0.415 e. The lowest BCUT2D eigenvalue weighted by atomic mass is 10.1. The molecule has 6 nitrogen and oxygen atoms in total. The maximum Gasteiger partial charge on any atom is 0.415 e. The number of carbonyl (C=O) groups is 2. The van der Waals surface area contributed by atoms with Crippen molar-refractivity contribution in [2.24, 2.45) is 0 Å². The SMILES string of the molecule is CC(C)(C)OC(=O)N1c2ccccc2CC1C(=O)c1nccn1-c1cccc2ccccc12. The number of para-hydroxylation sites is 1. The number of ether oxygens (including phenoxy) is 1. The third-order valence-electron chi connectivity index (χ3n) is 5.76. The molecule has 1 aliphatic heterocycles. The van der Waals surface area contributed by atoms with Crippen molar-refractivity contribution < 1.29 is 14.3 Å². The van der Waals surface area contributed by atoms with Crippen LogP contribution in [-0.2, 0) is 11.2 Å². The second-order valence-electron chi connectivity index (χ2n) is 9.18. The minimum absolute atomic E-state index is 0.227. The average molecular weight is 440 g/mol. The van der Waals surface area contributed by atoms with Crippen molar-refractivity contribution in [3.63, 3.8) is 0 Å². The molecule has 0 radical (unpaired) electrons. The molecule has 33 heavy (non-hydrogen) atoms. The molecule has 0 fully saturated rings. The molecule has 1 aliphatic rings. The fraction of sp³-hybridized carbons (Fsp3) is 0.222. The number of aromatic nitrogens is 2. The van der Waals surface area contributed by atoms with Crippen LogP contribution in [0.1, 0.15) is 37.0 Å². The van der Waals surface area contributed by atoms with E-state index in [-0.39, 0.29) is 11.6 Å². The summed E-state index contributed by atoms with van der Waals surface area (Å²) in [4.78, 5) is 32.9. The summed E-state index contributed by atoms with van der Waals surface area (Å²) in [7, 11) is 0. The second kappa shape index (κ2) is 7.89.